The standard InChI is InChI=1S/C16H19N3O/c1-11-4-7-15(20-11)16(2,3)10-19-14-6-5-12(9-17)8-13(14)18/h4-8,19H,10,18H2,1-3H3. The Bertz CT molecular complexity index is 650. The predicted octanol–water partition coefficient (Wildman–Crippen LogP) is 3.43. The average Bonchev–Trinajstić information content (AvgIpc) is 2.85. The summed E-state index contributed by atoms with van der Waals surface area (Å²) >= 11 is 0. The minimum atomic E-state index is -0.144. The van der Waals surface area contributed by atoms with Gasteiger partial charge in [-0.25, -0.2) is 0 Å². The van der Waals surface area contributed by atoms with Gasteiger partial charge in [-0.05, 0) is 37.3 Å². The number of hydrogen-bond donors (Lipinski definition) is 2. The first-order valence-electron chi connectivity index (χ1n) is 6.53. The van der Waals surface area contributed by atoms with E-state index in [2.05, 4.69) is 25.2 Å². The number of benzene rings is 1. The van der Waals surface area contributed by atoms with Gasteiger partial charge in [-0.1, -0.05) is 13.8 Å². The third-order valence-electron chi connectivity index (χ3n) is 3.31. The van der Waals surface area contributed by atoms with E-state index in [4.69, 9.17) is 15.4 Å². The lowest BCUT2D eigenvalue weighted by atomic mass is 9.90. The van der Waals surface area contributed by atoms with E-state index in [0.29, 0.717) is 17.8 Å². The first-order chi connectivity index (χ1) is 9.42. The van der Waals surface area contributed by atoms with Crippen molar-refractivity contribution in [3.63, 3.8) is 0 Å². The molecule has 0 saturated carbocycles. The summed E-state index contributed by atoms with van der Waals surface area (Å²) in [5.41, 5.74) is 7.76. The molecule has 0 unspecified atom stereocenters. The summed E-state index contributed by atoms with van der Waals surface area (Å²) in [6.07, 6.45) is 0. The lowest BCUT2D eigenvalue weighted by Crippen LogP contribution is -2.27. The second-order valence-electron chi connectivity index (χ2n) is 5.56. The number of nitriles is 1. The maximum Gasteiger partial charge on any atom is 0.111 e. The normalized spacial score (nSPS) is 11.1. The molecule has 0 bridgehead atoms. The zero-order valence-electron chi connectivity index (χ0n) is 12.0. The lowest BCUT2D eigenvalue weighted by Gasteiger charge is -2.23. The molecule has 0 saturated heterocycles. The van der Waals surface area contributed by atoms with E-state index in [-0.39, 0.29) is 5.41 Å². The number of furan rings is 1. The Morgan fingerprint density at radius 2 is 2.05 bits per heavy atom. The van der Waals surface area contributed by atoms with Crippen molar-refractivity contribution in [2.24, 2.45) is 0 Å². The van der Waals surface area contributed by atoms with Crippen LogP contribution in [0.4, 0.5) is 11.4 Å². The van der Waals surface area contributed by atoms with Gasteiger partial charge in [0.05, 0.1) is 23.0 Å². The van der Waals surface area contributed by atoms with Gasteiger partial charge in [0.25, 0.3) is 0 Å². The minimum Gasteiger partial charge on any atom is -0.466 e. The molecule has 104 valence electrons. The molecular formula is C16H19N3O. The van der Waals surface area contributed by atoms with Gasteiger partial charge in [0, 0.05) is 12.0 Å². The van der Waals surface area contributed by atoms with Crippen molar-refractivity contribution in [1.29, 1.82) is 5.26 Å². The molecule has 2 aromatic rings. The fraction of sp³-hybridized carbons (Fsp3) is 0.312. The summed E-state index contributed by atoms with van der Waals surface area (Å²) in [5, 5.41) is 12.1. The minimum absolute atomic E-state index is 0.144. The average molecular weight is 269 g/mol. The Hall–Kier alpha value is -2.41. The van der Waals surface area contributed by atoms with Crippen molar-refractivity contribution < 1.29 is 4.42 Å². The van der Waals surface area contributed by atoms with Crippen molar-refractivity contribution in [2.75, 3.05) is 17.6 Å². The molecule has 0 spiro atoms. The molecule has 0 amide bonds. The van der Waals surface area contributed by atoms with Crippen LogP contribution in [0.2, 0.25) is 0 Å². The number of anilines is 2. The van der Waals surface area contributed by atoms with Crippen LogP contribution in [0.3, 0.4) is 0 Å². The number of nitrogens with one attached hydrogen (secondary N) is 1. The van der Waals surface area contributed by atoms with E-state index in [9.17, 15) is 0 Å². The highest BCUT2D eigenvalue weighted by Crippen LogP contribution is 2.27. The van der Waals surface area contributed by atoms with E-state index in [1.165, 1.54) is 0 Å². The van der Waals surface area contributed by atoms with E-state index >= 15 is 0 Å². The van der Waals surface area contributed by atoms with Crippen molar-refractivity contribution in [3.8, 4) is 6.07 Å². The highest BCUT2D eigenvalue weighted by molar-refractivity contribution is 5.68. The van der Waals surface area contributed by atoms with Crippen molar-refractivity contribution >= 4 is 11.4 Å². The number of rotatable bonds is 4. The van der Waals surface area contributed by atoms with Crippen molar-refractivity contribution in [3.05, 3.63) is 47.4 Å². The second-order valence-corrected chi connectivity index (χ2v) is 5.56. The van der Waals surface area contributed by atoms with Gasteiger partial charge in [0.15, 0.2) is 0 Å². The fourth-order valence-corrected chi connectivity index (χ4v) is 1.99. The first-order valence-corrected chi connectivity index (χ1v) is 6.53. The van der Waals surface area contributed by atoms with Crippen LogP contribution >= 0.6 is 0 Å². The van der Waals surface area contributed by atoms with Gasteiger partial charge in [0.2, 0.25) is 0 Å². The molecule has 1 aromatic carbocycles. The number of nitrogen functional groups attached to an aromatic ring is 1. The predicted molar refractivity (Wildman–Crippen MR) is 80.5 cm³/mol. The smallest absolute Gasteiger partial charge is 0.111 e. The summed E-state index contributed by atoms with van der Waals surface area (Å²) in [7, 11) is 0. The maximum atomic E-state index is 8.82. The van der Waals surface area contributed by atoms with E-state index in [1.807, 2.05) is 25.1 Å². The lowest BCUT2D eigenvalue weighted by molar-refractivity contribution is 0.386. The van der Waals surface area contributed by atoms with Gasteiger partial charge in [-0.2, -0.15) is 5.26 Å². The Kier molecular flexibility index (Phi) is 3.71. The summed E-state index contributed by atoms with van der Waals surface area (Å²) < 4.78 is 5.69. The Morgan fingerprint density at radius 1 is 1.30 bits per heavy atom. The summed E-state index contributed by atoms with van der Waals surface area (Å²) in [6.45, 7) is 6.85. The van der Waals surface area contributed by atoms with Crippen molar-refractivity contribution in [1.82, 2.24) is 0 Å². The highest BCUT2D eigenvalue weighted by atomic mass is 16.3. The van der Waals surface area contributed by atoms with Gasteiger partial charge in [0.1, 0.15) is 11.5 Å². The third-order valence-corrected chi connectivity index (χ3v) is 3.31. The molecule has 0 aliphatic carbocycles. The van der Waals surface area contributed by atoms with E-state index in [0.717, 1.165) is 17.2 Å². The third kappa shape index (κ3) is 2.94. The molecule has 20 heavy (non-hydrogen) atoms. The monoisotopic (exact) mass is 269 g/mol. The molecular weight excluding hydrogens is 250 g/mol. The summed E-state index contributed by atoms with van der Waals surface area (Å²) in [4.78, 5) is 0. The quantitative estimate of drug-likeness (QED) is 0.834. The number of hydrogen-bond acceptors (Lipinski definition) is 4. The van der Waals surface area contributed by atoms with Crippen LogP contribution in [-0.4, -0.2) is 6.54 Å². The number of nitrogens with zero attached hydrogens (tertiary/aromatic N) is 1. The van der Waals surface area contributed by atoms with E-state index in [1.54, 1.807) is 12.1 Å². The van der Waals surface area contributed by atoms with Crippen LogP contribution < -0.4 is 11.1 Å². The molecule has 3 N–H and O–H groups in total. The second kappa shape index (κ2) is 5.30. The Balaban J connectivity index is 2.10. The van der Waals surface area contributed by atoms with Gasteiger partial charge in [-0.3, -0.25) is 0 Å². The molecule has 0 fully saturated rings. The summed E-state index contributed by atoms with van der Waals surface area (Å²) in [6, 6.07) is 11.3. The molecule has 2 rings (SSSR count). The molecule has 0 radical (unpaired) electrons. The van der Waals surface area contributed by atoms with Crippen molar-refractivity contribution in [2.45, 2.75) is 26.2 Å². The molecule has 4 nitrogen and oxygen atoms in total. The highest BCUT2D eigenvalue weighted by Gasteiger charge is 2.24. The Morgan fingerprint density at radius 3 is 2.60 bits per heavy atom. The van der Waals surface area contributed by atoms with E-state index < -0.39 is 0 Å². The molecule has 0 aliphatic heterocycles. The SMILES string of the molecule is Cc1ccc(C(C)(C)CNc2ccc(C#N)cc2N)o1. The molecule has 0 aliphatic rings. The molecule has 4 heteroatoms. The molecule has 0 atom stereocenters. The fourth-order valence-electron chi connectivity index (χ4n) is 1.99. The van der Waals surface area contributed by atoms with Gasteiger partial charge >= 0.3 is 0 Å². The van der Waals surface area contributed by atoms with Crippen LogP contribution in [0.25, 0.3) is 0 Å². The van der Waals surface area contributed by atoms with Crippen LogP contribution in [0.5, 0.6) is 0 Å². The van der Waals surface area contributed by atoms with Crippen LogP contribution in [0, 0.1) is 18.3 Å². The largest absolute Gasteiger partial charge is 0.466 e. The molecule has 1 aromatic heterocycles. The van der Waals surface area contributed by atoms with Gasteiger partial charge < -0.3 is 15.5 Å². The molecule has 1 heterocycles. The number of aryl methyl sites for hydroxylation is 1. The number of nitrogens with two attached hydrogens (primary N) is 1. The Labute approximate surface area is 119 Å². The van der Waals surface area contributed by atoms with Crippen LogP contribution in [-0.2, 0) is 5.41 Å². The first kappa shape index (κ1) is 14.0. The van der Waals surface area contributed by atoms with Gasteiger partial charge in [-0.15, -0.1) is 0 Å². The summed E-state index contributed by atoms with van der Waals surface area (Å²) in [5.74, 6) is 1.85. The maximum absolute atomic E-state index is 8.82. The van der Waals surface area contributed by atoms with Crippen LogP contribution in [0.15, 0.2) is 34.7 Å². The topological polar surface area (TPSA) is 75.0 Å². The zero-order chi connectivity index (χ0) is 14.8. The van der Waals surface area contributed by atoms with Crippen LogP contribution in [0.1, 0.15) is 30.9 Å². The zero-order valence-corrected chi connectivity index (χ0v) is 12.0.